The van der Waals surface area contributed by atoms with Crippen molar-refractivity contribution in [3.63, 3.8) is 0 Å². The Balaban J connectivity index is 1.96. The summed E-state index contributed by atoms with van der Waals surface area (Å²) in [4.78, 5) is 0. The molecule has 0 saturated heterocycles. The fourth-order valence-corrected chi connectivity index (χ4v) is 4.09. The standard InChI is InChI=1S/C26H20N2O2/c27-25-19(7-3-9-22(25)29)18-12-11-17-13-15-5-1-2-6-16(15)14-21(17)24(18)20-8-4-10-23(30)26(20)28/h1-14,29-30H,27-28H2. The number of aromatic hydroxyl groups is 2. The Morgan fingerprint density at radius 2 is 1.10 bits per heavy atom. The summed E-state index contributed by atoms with van der Waals surface area (Å²) in [6, 6.07) is 26.9. The molecular formula is C26H20N2O2. The van der Waals surface area contributed by atoms with Gasteiger partial charge in [-0.1, -0.05) is 60.7 Å². The maximum atomic E-state index is 10.3. The Morgan fingerprint density at radius 1 is 0.500 bits per heavy atom. The zero-order valence-electron chi connectivity index (χ0n) is 16.1. The lowest BCUT2D eigenvalue weighted by molar-refractivity contribution is 0.477. The molecule has 5 aromatic rings. The van der Waals surface area contributed by atoms with E-state index in [1.54, 1.807) is 24.3 Å². The highest BCUT2D eigenvalue weighted by atomic mass is 16.3. The van der Waals surface area contributed by atoms with Gasteiger partial charge in [0.25, 0.3) is 0 Å². The number of nitrogens with two attached hydrogens (primary N) is 2. The maximum Gasteiger partial charge on any atom is 0.139 e. The number of rotatable bonds is 2. The van der Waals surface area contributed by atoms with Crippen molar-refractivity contribution in [1.82, 2.24) is 0 Å². The number of anilines is 2. The number of benzene rings is 5. The summed E-state index contributed by atoms with van der Waals surface area (Å²) < 4.78 is 0. The van der Waals surface area contributed by atoms with E-state index in [0.29, 0.717) is 22.5 Å². The van der Waals surface area contributed by atoms with Crippen LogP contribution in [0.3, 0.4) is 0 Å². The monoisotopic (exact) mass is 392 g/mol. The number of fused-ring (bicyclic) bond motifs is 2. The zero-order chi connectivity index (χ0) is 20.8. The van der Waals surface area contributed by atoms with Crippen molar-refractivity contribution >= 4 is 32.9 Å². The number of nitrogen functional groups attached to an aromatic ring is 2. The van der Waals surface area contributed by atoms with E-state index in [0.717, 1.165) is 32.7 Å². The molecule has 146 valence electrons. The van der Waals surface area contributed by atoms with Crippen LogP contribution in [0.4, 0.5) is 11.4 Å². The molecule has 5 aromatic carbocycles. The highest BCUT2D eigenvalue weighted by Gasteiger charge is 2.18. The van der Waals surface area contributed by atoms with Crippen LogP contribution in [0.15, 0.2) is 84.9 Å². The molecule has 0 bridgehead atoms. The zero-order valence-corrected chi connectivity index (χ0v) is 16.1. The lowest BCUT2D eigenvalue weighted by Gasteiger charge is -2.18. The molecule has 6 N–H and O–H groups in total. The van der Waals surface area contributed by atoms with Gasteiger partial charge in [-0.15, -0.1) is 0 Å². The summed E-state index contributed by atoms with van der Waals surface area (Å²) in [5.74, 6) is 0.0565. The Bertz CT molecular complexity index is 1440. The van der Waals surface area contributed by atoms with Crippen LogP contribution in [0.2, 0.25) is 0 Å². The quantitative estimate of drug-likeness (QED) is 0.171. The third-order valence-corrected chi connectivity index (χ3v) is 5.61. The van der Waals surface area contributed by atoms with Crippen LogP contribution in [-0.2, 0) is 0 Å². The Hall–Kier alpha value is -4.18. The molecule has 0 heterocycles. The molecule has 0 saturated carbocycles. The average molecular weight is 392 g/mol. The van der Waals surface area contributed by atoms with E-state index < -0.39 is 0 Å². The van der Waals surface area contributed by atoms with Crippen molar-refractivity contribution in [2.45, 2.75) is 0 Å². The topological polar surface area (TPSA) is 92.5 Å². The van der Waals surface area contributed by atoms with E-state index in [1.807, 2.05) is 36.4 Å². The van der Waals surface area contributed by atoms with Crippen LogP contribution in [-0.4, -0.2) is 10.2 Å². The molecule has 0 aromatic heterocycles. The van der Waals surface area contributed by atoms with Crippen molar-refractivity contribution < 1.29 is 10.2 Å². The van der Waals surface area contributed by atoms with Gasteiger partial charge < -0.3 is 21.7 Å². The largest absolute Gasteiger partial charge is 0.506 e. The molecule has 0 amide bonds. The van der Waals surface area contributed by atoms with Gasteiger partial charge in [0, 0.05) is 11.1 Å². The van der Waals surface area contributed by atoms with Gasteiger partial charge in [0.2, 0.25) is 0 Å². The fraction of sp³-hybridized carbons (Fsp3) is 0. The van der Waals surface area contributed by atoms with Gasteiger partial charge in [-0.05, 0) is 56.9 Å². The SMILES string of the molecule is Nc1c(O)cccc1-c1ccc2cc3ccccc3cc2c1-c1cccc(O)c1N. The minimum atomic E-state index is 0.0279. The van der Waals surface area contributed by atoms with Gasteiger partial charge in [0.1, 0.15) is 11.5 Å². The lowest BCUT2D eigenvalue weighted by atomic mass is 9.87. The maximum absolute atomic E-state index is 10.3. The second-order valence-corrected chi connectivity index (χ2v) is 7.39. The Kier molecular flexibility index (Phi) is 4.00. The predicted octanol–water partition coefficient (Wildman–Crippen LogP) is 5.90. The first-order chi connectivity index (χ1) is 14.5. The number of phenolic OH excluding ortho intramolecular Hbond substituents is 2. The second kappa shape index (κ2) is 6.71. The Morgan fingerprint density at radius 3 is 1.80 bits per heavy atom. The van der Waals surface area contributed by atoms with Crippen molar-refractivity contribution in [2.75, 3.05) is 11.5 Å². The van der Waals surface area contributed by atoms with E-state index in [-0.39, 0.29) is 11.5 Å². The highest BCUT2D eigenvalue weighted by Crippen LogP contribution is 2.45. The van der Waals surface area contributed by atoms with E-state index in [9.17, 15) is 10.2 Å². The van der Waals surface area contributed by atoms with Crippen LogP contribution in [0.25, 0.3) is 43.8 Å². The number of phenols is 2. The molecule has 4 heteroatoms. The van der Waals surface area contributed by atoms with Gasteiger partial charge in [0.05, 0.1) is 11.4 Å². The van der Waals surface area contributed by atoms with Gasteiger partial charge in [-0.3, -0.25) is 0 Å². The molecule has 5 rings (SSSR count). The van der Waals surface area contributed by atoms with Crippen LogP contribution < -0.4 is 11.5 Å². The van der Waals surface area contributed by atoms with Gasteiger partial charge >= 0.3 is 0 Å². The summed E-state index contributed by atoms with van der Waals surface area (Å²) in [5.41, 5.74) is 16.3. The van der Waals surface area contributed by atoms with Gasteiger partial charge in [-0.25, -0.2) is 0 Å². The first-order valence-electron chi connectivity index (χ1n) is 9.66. The molecule has 30 heavy (non-hydrogen) atoms. The molecular weight excluding hydrogens is 372 g/mol. The normalized spacial score (nSPS) is 11.2. The van der Waals surface area contributed by atoms with Crippen molar-refractivity contribution in [2.24, 2.45) is 0 Å². The summed E-state index contributed by atoms with van der Waals surface area (Å²) >= 11 is 0. The minimum Gasteiger partial charge on any atom is -0.506 e. The molecule has 0 fully saturated rings. The molecule has 0 spiro atoms. The summed E-state index contributed by atoms with van der Waals surface area (Å²) in [7, 11) is 0. The summed E-state index contributed by atoms with van der Waals surface area (Å²) in [6.45, 7) is 0. The van der Waals surface area contributed by atoms with Crippen molar-refractivity contribution in [3.8, 4) is 33.8 Å². The first-order valence-corrected chi connectivity index (χ1v) is 9.66. The van der Waals surface area contributed by atoms with E-state index in [1.165, 1.54) is 0 Å². The van der Waals surface area contributed by atoms with E-state index in [2.05, 4.69) is 24.3 Å². The third-order valence-electron chi connectivity index (χ3n) is 5.61. The van der Waals surface area contributed by atoms with Gasteiger partial charge in [0.15, 0.2) is 0 Å². The van der Waals surface area contributed by atoms with Crippen LogP contribution in [0, 0.1) is 0 Å². The minimum absolute atomic E-state index is 0.0279. The second-order valence-electron chi connectivity index (χ2n) is 7.39. The third kappa shape index (κ3) is 2.70. The summed E-state index contributed by atoms with van der Waals surface area (Å²) in [5, 5.41) is 24.7. The summed E-state index contributed by atoms with van der Waals surface area (Å²) in [6.07, 6.45) is 0. The lowest BCUT2D eigenvalue weighted by Crippen LogP contribution is -1.96. The average Bonchev–Trinajstić information content (AvgIpc) is 2.76. The predicted molar refractivity (Wildman–Crippen MR) is 124 cm³/mol. The molecule has 0 aliphatic rings. The smallest absolute Gasteiger partial charge is 0.139 e. The highest BCUT2D eigenvalue weighted by molar-refractivity contribution is 6.12. The molecule has 4 nitrogen and oxygen atoms in total. The van der Waals surface area contributed by atoms with Crippen LogP contribution in [0.1, 0.15) is 0 Å². The van der Waals surface area contributed by atoms with Crippen LogP contribution in [0.5, 0.6) is 11.5 Å². The van der Waals surface area contributed by atoms with E-state index >= 15 is 0 Å². The molecule has 0 radical (unpaired) electrons. The van der Waals surface area contributed by atoms with Crippen molar-refractivity contribution in [1.29, 1.82) is 0 Å². The molecule has 0 aliphatic heterocycles. The molecule has 0 unspecified atom stereocenters. The number of hydrogen-bond donors (Lipinski definition) is 4. The fourth-order valence-electron chi connectivity index (χ4n) is 4.09. The van der Waals surface area contributed by atoms with Crippen molar-refractivity contribution in [3.05, 3.63) is 84.9 Å². The Labute approximate surface area is 173 Å². The van der Waals surface area contributed by atoms with Crippen LogP contribution >= 0.6 is 0 Å². The first kappa shape index (κ1) is 17.9. The van der Waals surface area contributed by atoms with Gasteiger partial charge in [-0.2, -0.15) is 0 Å². The molecule has 0 atom stereocenters. The van der Waals surface area contributed by atoms with E-state index in [4.69, 9.17) is 11.5 Å². The number of hydrogen-bond acceptors (Lipinski definition) is 4. The molecule has 0 aliphatic carbocycles. The number of para-hydroxylation sites is 2.